The van der Waals surface area contributed by atoms with Crippen LogP contribution in [0.5, 0.6) is 0 Å². The fourth-order valence-corrected chi connectivity index (χ4v) is 3.91. The topological polar surface area (TPSA) is 49.0 Å². The quantitative estimate of drug-likeness (QED) is 0.863. The molecule has 1 aromatic heterocycles. The first-order chi connectivity index (χ1) is 11.5. The van der Waals surface area contributed by atoms with Crippen LogP contribution in [0.3, 0.4) is 0 Å². The highest BCUT2D eigenvalue weighted by Gasteiger charge is 2.29. The van der Waals surface area contributed by atoms with Crippen LogP contribution in [0.25, 0.3) is 0 Å². The zero-order valence-corrected chi connectivity index (χ0v) is 15.6. The Labute approximate surface area is 151 Å². The van der Waals surface area contributed by atoms with Gasteiger partial charge < -0.3 is 4.90 Å². The standard InChI is InChI=1S/C18H22ClN3OS/c1-3-18(2)8-10-22(11-9-18)17-20-12-15(16(23)21-17)24-14-7-5-4-6-13(14)19/h4-7,12H,3,8-11H2,1-2H3,(H,20,21,23). The van der Waals surface area contributed by atoms with Gasteiger partial charge in [0.25, 0.3) is 5.56 Å². The van der Waals surface area contributed by atoms with Crippen LogP contribution < -0.4 is 10.5 Å². The average molecular weight is 364 g/mol. The summed E-state index contributed by atoms with van der Waals surface area (Å²) in [6.45, 7) is 6.45. The lowest BCUT2D eigenvalue weighted by molar-refractivity contribution is 0.237. The summed E-state index contributed by atoms with van der Waals surface area (Å²) in [5.41, 5.74) is 0.296. The van der Waals surface area contributed by atoms with Crippen LogP contribution in [-0.2, 0) is 0 Å². The number of piperidine rings is 1. The second kappa shape index (κ2) is 7.19. The van der Waals surface area contributed by atoms with Crippen LogP contribution in [0.2, 0.25) is 5.02 Å². The van der Waals surface area contributed by atoms with Crippen molar-refractivity contribution in [3.8, 4) is 0 Å². The van der Waals surface area contributed by atoms with E-state index >= 15 is 0 Å². The molecule has 1 N–H and O–H groups in total. The lowest BCUT2D eigenvalue weighted by atomic mass is 9.78. The minimum atomic E-state index is -0.117. The van der Waals surface area contributed by atoms with Crippen LogP contribution in [0, 0.1) is 5.41 Å². The van der Waals surface area contributed by atoms with E-state index in [1.807, 2.05) is 24.3 Å². The highest BCUT2D eigenvalue weighted by molar-refractivity contribution is 7.99. The molecule has 3 rings (SSSR count). The van der Waals surface area contributed by atoms with Gasteiger partial charge in [0.15, 0.2) is 0 Å². The molecule has 6 heteroatoms. The molecule has 0 unspecified atom stereocenters. The molecule has 0 amide bonds. The van der Waals surface area contributed by atoms with Crippen molar-refractivity contribution in [3.05, 3.63) is 45.8 Å². The van der Waals surface area contributed by atoms with E-state index in [0.717, 1.165) is 30.8 Å². The number of halogens is 1. The molecule has 0 saturated carbocycles. The van der Waals surface area contributed by atoms with Crippen LogP contribution in [0.4, 0.5) is 5.95 Å². The van der Waals surface area contributed by atoms with Crippen molar-refractivity contribution in [2.75, 3.05) is 18.0 Å². The largest absolute Gasteiger partial charge is 0.342 e. The molecule has 0 bridgehead atoms. The lowest BCUT2D eigenvalue weighted by Gasteiger charge is -2.39. The van der Waals surface area contributed by atoms with E-state index < -0.39 is 0 Å². The molecule has 2 aromatic rings. The lowest BCUT2D eigenvalue weighted by Crippen LogP contribution is -2.40. The average Bonchev–Trinajstić information content (AvgIpc) is 2.59. The number of benzene rings is 1. The second-order valence-corrected chi connectivity index (χ2v) is 8.07. The minimum absolute atomic E-state index is 0.117. The fourth-order valence-electron chi connectivity index (χ4n) is 2.87. The van der Waals surface area contributed by atoms with E-state index in [0.29, 0.717) is 21.3 Å². The van der Waals surface area contributed by atoms with Gasteiger partial charge in [0, 0.05) is 18.0 Å². The van der Waals surface area contributed by atoms with Crippen LogP contribution in [0.15, 0.2) is 45.0 Å². The third-order valence-electron chi connectivity index (χ3n) is 4.93. The monoisotopic (exact) mass is 363 g/mol. The van der Waals surface area contributed by atoms with Crippen molar-refractivity contribution in [2.24, 2.45) is 5.41 Å². The Hall–Kier alpha value is -1.46. The highest BCUT2D eigenvalue weighted by Crippen LogP contribution is 2.35. The molecule has 4 nitrogen and oxygen atoms in total. The molecule has 0 radical (unpaired) electrons. The SMILES string of the molecule is CCC1(C)CCN(c2ncc(Sc3ccccc3Cl)c(=O)[nH]2)CC1. The first-order valence-electron chi connectivity index (χ1n) is 8.27. The maximum atomic E-state index is 12.4. The number of hydrogen-bond donors (Lipinski definition) is 1. The molecule has 2 heterocycles. The van der Waals surface area contributed by atoms with Gasteiger partial charge in [-0.05, 0) is 30.4 Å². The number of nitrogens with one attached hydrogen (secondary N) is 1. The van der Waals surface area contributed by atoms with E-state index in [9.17, 15) is 4.79 Å². The molecule has 0 spiro atoms. The van der Waals surface area contributed by atoms with Crippen molar-refractivity contribution in [1.29, 1.82) is 0 Å². The Kier molecular flexibility index (Phi) is 5.21. The fraction of sp³-hybridized carbons (Fsp3) is 0.444. The number of nitrogens with zero attached hydrogens (tertiary/aromatic N) is 2. The maximum absolute atomic E-state index is 12.4. The van der Waals surface area contributed by atoms with Crippen molar-refractivity contribution >= 4 is 29.3 Å². The predicted molar refractivity (Wildman–Crippen MR) is 100 cm³/mol. The molecule has 1 aromatic carbocycles. The van der Waals surface area contributed by atoms with E-state index in [1.54, 1.807) is 6.20 Å². The number of anilines is 1. The van der Waals surface area contributed by atoms with Crippen LogP contribution in [-0.4, -0.2) is 23.1 Å². The zero-order valence-electron chi connectivity index (χ0n) is 14.0. The van der Waals surface area contributed by atoms with Gasteiger partial charge in [-0.2, -0.15) is 0 Å². The number of aromatic amines is 1. The second-order valence-electron chi connectivity index (χ2n) is 6.58. The Bertz CT molecular complexity index is 769. The molecular weight excluding hydrogens is 342 g/mol. The summed E-state index contributed by atoms with van der Waals surface area (Å²) in [4.78, 5) is 23.4. The van der Waals surface area contributed by atoms with Gasteiger partial charge in [0.1, 0.15) is 0 Å². The summed E-state index contributed by atoms with van der Waals surface area (Å²) < 4.78 is 0. The Morgan fingerprint density at radius 3 is 2.62 bits per heavy atom. The van der Waals surface area contributed by atoms with E-state index in [1.165, 1.54) is 18.2 Å². The summed E-state index contributed by atoms with van der Waals surface area (Å²) in [6.07, 6.45) is 5.10. The molecule has 0 atom stereocenters. The molecule has 1 saturated heterocycles. The summed E-state index contributed by atoms with van der Waals surface area (Å²) in [7, 11) is 0. The van der Waals surface area contributed by atoms with Crippen molar-refractivity contribution < 1.29 is 0 Å². The van der Waals surface area contributed by atoms with E-state index in [4.69, 9.17) is 11.6 Å². The van der Waals surface area contributed by atoms with Gasteiger partial charge in [0.2, 0.25) is 5.95 Å². The molecule has 128 valence electrons. The van der Waals surface area contributed by atoms with Gasteiger partial charge in [-0.25, -0.2) is 4.98 Å². The maximum Gasteiger partial charge on any atom is 0.266 e. The Morgan fingerprint density at radius 2 is 2.00 bits per heavy atom. The third-order valence-corrected chi connectivity index (χ3v) is 6.46. The smallest absolute Gasteiger partial charge is 0.266 e. The van der Waals surface area contributed by atoms with Crippen molar-refractivity contribution in [2.45, 2.75) is 42.9 Å². The van der Waals surface area contributed by atoms with E-state index in [-0.39, 0.29) is 5.56 Å². The van der Waals surface area contributed by atoms with Gasteiger partial charge in [-0.15, -0.1) is 0 Å². The first kappa shape index (κ1) is 17.4. The van der Waals surface area contributed by atoms with Gasteiger partial charge in [-0.1, -0.05) is 55.8 Å². The van der Waals surface area contributed by atoms with Gasteiger partial charge in [-0.3, -0.25) is 9.78 Å². The number of H-pyrrole nitrogens is 1. The summed E-state index contributed by atoms with van der Waals surface area (Å²) >= 11 is 7.50. The predicted octanol–water partition coefficient (Wildman–Crippen LogP) is 4.59. The van der Waals surface area contributed by atoms with Crippen LogP contribution in [0.1, 0.15) is 33.1 Å². The normalized spacial score (nSPS) is 17.0. The molecule has 1 fully saturated rings. The van der Waals surface area contributed by atoms with Gasteiger partial charge >= 0.3 is 0 Å². The van der Waals surface area contributed by atoms with Gasteiger partial charge in [0.05, 0.1) is 16.1 Å². The first-order valence-corrected chi connectivity index (χ1v) is 9.47. The highest BCUT2D eigenvalue weighted by atomic mass is 35.5. The molecule has 1 aliphatic rings. The van der Waals surface area contributed by atoms with E-state index in [2.05, 4.69) is 28.7 Å². The number of hydrogen-bond acceptors (Lipinski definition) is 4. The van der Waals surface area contributed by atoms with Crippen molar-refractivity contribution in [1.82, 2.24) is 9.97 Å². The summed E-state index contributed by atoms with van der Waals surface area (Å²) in [5, 5.41) is 0.640. The molecule has 24 heavy (non-hydrogen) atoms. The summed E-state index contributed by atoms with van der Waals surface area (Å²) in [6, 6.07) is 7.50. The zero-order chi connectivity index (χ0) is 17.2. The summed E-state index contributed by atoms with van der Waals surface area (Å²) in [5.74, 6) is 0.668. The number of aromatic nitrogens is 2. The molecular formula is C18H22ClN3OS. The Balaban J connectivity index is 1.74. The van der Waals surface area contributed by atoms with Crippen LogP contribution >= 0.6 is 23.4 Å². The molecule has 0 aliphatic carbocycles. The third kappa shape index (κ3) is 3.78. The number of rotatable bonds is 4. The Morgan fingerprint density at radius 1 is 1.29 bits per heavy atom. The minimum Gasteiger partial charge on any atom is -0.342 e. The molecule has 1 aliphatic heterocycles. The van der Waals surface area contributed by atoms with Crippen molar-refractivity contribution in [3.63, 3.8) is 0 Å².